The van der Waals surface area contributed by atoms with Gasteiger partial charge in [0.05, 0.1) is 12.9 Å². The fourth-order valence-corrected chi connectivity index (χ4v) is 2.45. The highest BCUT2D eigenvalue weighted by atomic mass is 16.5. The third kappa shape index (κ3) is 4.19. The summed E-state index contributed by atoms with van der Waals surface area (Å²) in [6.45, 7) is 1.83. The maximum atomic E-state index is 12.1. The first-order chi connectivity index (χ1) is 10.1. The Kier molecular flexibility index (Phi) is 5.15. The third-order valence-corrected chi connectivity index (χ3v) is 3.55. The standard InChI is InChI=1S/C13H20N4O4/c1-21-7-9-2-3-17(6-9)13(20)16-11(12(18)19)4-10-5-14-8-15-10/h5,8-9,11H,2-4,6-7H2,1H3,(H,14,15)(H,16,20)(H,18,19)/t9?,11-/m0/s1. The molecule has 0 radical (unpaired) electrons. The number of carbonyl (C=O) groups excluding carboxylic acids is 1. The predicted octanol–water partition coefficient (Wildman–Crippen LogP) is 0.0833. The molecular weight excluding hydrogens is 276 g/mol. The molecule has 2 rings (SSSR count). The molecule has 1 fully saturated rings. The van der Waals surface area contributed by atoms with Crippen LogP contribution in [0.3, 0.4) is 0 Å². The van der Waals surface area contributed by atoms with Gasteiger partial charge in [-0.1, -0.05) is 0 Å². The predicted molar refractivity (Wildman–Crippen MR) is 73.8 cm³/mol. The van der Waals surface area contributed by atoms with Gasteiger partial charge < -0.3 is 25.0 Å². The second kappa shape index (κ2) is 7.07. The number of hydrogen-bond donors (Lipinski definition) is 3. The van der Waals surface area contributed by atoms with E-state index in [0.717, 1.165) is 6.42 Å². The zero-order chi connectivity index (χ0) is 15.2. The van der Waals surface area contributed by atoms with Crippen molar-refractivity contribution in [2.24, 2.45) is 5.92 Å². The summed E-state index contributed by atoms with van der Waals surface area (Å²) in [5.41, 5.74) is 0.668. The molecule has 2 atom stereocenters. The van der Waals surface area contributed by atoms with Crippen molar-refractivity contribution in [2.75, 3.05) is 26.8 Å². The van der Waals surface area contributed by atoms with E-state index in [1.165, 1.54) is 6.33 Å². The zero-order valence-electron chi connectivity index (χ0n) is 11.9. The van der Waals surface area contributed by atoms with Gasteiger partial charge in [0.2, 0.25) is 0 Å². The number of carboxylic acid groups (broad SMARTS) is 1. The van der Waals surface area contributed by atoms with Gasteiger partial charge in [0.25, 0.3) is 0 Å². The van der Waals surface area contributed by atoms with E-state index < -0.39 is 12.0 Å². The summed E-state index contributed by atoms with van der Waals surface area (Å²) in [4.78, 5) is 31.7. The Balaban J connectivity index is 1.88. The number of methoxy groups -OCH3 is 1. The highest BCUT2D eigenvalue weighted by Gasteiger charge is 2.29. The highest BCUT2D eigenvalue weighted by Crippen LogP contribution is 2.16. The first kappa shape index (κ1) is 15.3. The van der Waals surface area contributed by atoms with Crippen molar-refractivity contribution in [2.45, 2.75) is 18.9 Å². The summed E-state index contributed by atoms with van der Waals surface area (Å²) in [6.07, 6.45) is 4.08. The molecule has 2 heterocycles. The number of nitrogens with one attached hydrogen (secondary N) is 2. The number of aromatic amines is 1. The minimum Gasteiger partial charge on any atom is -0.480 e. The van der Waals surface area contributed by atoms with Gasteiger partial charge in [-0.05, 0) is 6.42 Å². The van der Waals surface area contributed by atoms with Crippen LogP contribution in [0, 0.1) is 5.92 Å². The Morgan fingerprint density at radius 3 is 3.10 bits per heavy atom. The third-order valence-electron chi connectivity index (χ3n) is 3.55. The van der Waals surface area contributed by atoms with Gasteiger partial charge in [0, 0.05) is 44.4 Å². The van der Waals surface area contributed by atoms with E-state index in [2.05, 4.69) is 15.3 Å². The molecule has 0 bridgehead atoms. The van der Waals surface area contributed by atoms with Crippen LogP contribution in [-0.4, -0.2) is 64.8 Å². The van der Waals surface area contributed by atoms with E-state index >= 15 is 0 Å². The summed E-state index contributed by atoms with van der Waals surface area (Å²) in [5, 5.41) is 11.8. The van der Waals surface area contributed by atoms with Crippen molar-refractivity contribution < 1.29 is 19.4 Å². The van der Waals surface area contributed by atoms with Crippen molar-refractivity contribution in [3.05, 3.63) is 18.2 Å². The molecular formula is C13H20N4O4. The SMILES string of the molecule is COCC1CCN(C(=O)N[C@@H](Cc2cnc[nH]2)C(=O)O)C1. The Labute approximate surface area is 122 Å². The maximum absolute atomic E-state index is 12.1. The number of rotatable bonds is 6. The minimum absolute atomic E-state index is 0.177. The van der Waals surface area contributed by atoms with Crippen LogP contribution in [-0.2, 0) is 16.0 Å². The molecule has 0 saturated carbocycles. The van der Waals surface area contributed by atoms with Crippen molar-refractivity contribution in [1.82, 2.24) is 20.2 Å². The number of carboxylic acids is 1. The lowest BCUT2D eigenvalue weighted by Crippen LogP contribution is -2.48. The Morgan fingerprint density at radius 2 is 2.48 bits per heavy atom. The molecule has 1 aromatic heterocycles. The molecule has 3 N–H and O–H groups in total. The fourth-order valence-electron chi connectivity index (χ4n) is 2.45. The maximum Gasteiger partial charge on any atom is 0.326 e. The molecule has 1 aromatic rings. The number of aliphatic carboxylic acids is 1. The first-order valence-corrected chi connectivity index (χ1v) is 6.84. The van der Waals surface area contributed by atoms with Crippen LogP contribution >= 0.6 is 0 Å². The molecule has 0 aromatic carbocycles. The lowest BCUT2D eigenvalue weighted by molar-refractivity contribution is -0.139. The summed E-state index contributed by atoms with van der Waals surface area (Å²) >= 11 is 0. The van der Waals surface area contributed by atoms with E-state index in [1.807, 2.05) is 0 Å². The average Bonchev–Trinajstić information content (AvgIpc) is 3.09. The number of nitrogens with zero attached hydrogens (tertiary/aromatic N) is 2. The molecule has 1 aliphatic rings. The van der Waals surface area contributed by atoms with Gasteiger partial charge in [-0.25, -0.2) is 14.6 Å². The molecule has 2 amide bonds. The van der Waals surface area contributed by atoms with Crippen molar-refractivity contribution >= 4 is 12.0 Å². The van der Waals surface area contributed by atoms with E-state index in [-0.39, 0.29) is 12.5 Å². The van der Waals surface area contributed by atoms with Gasteiger partial charge >= 0.3 is 12.0 Å². The number of aromatic nitrogens is 2. The van der Waals surface area contributed by atoms with Gasteiger partial charge in [-0.3, -0.25) is 0 Å². The van der Waals surface area contributed by atoms with Crippen molar-refractivity contribution in [3.8, 4) is 0 Å². The van der Waals surface area contributed by atoms with Crippen LogP contribution < -0.4 is 5.32 Å². The van der Waals surface area contributed by atoms with Crippen LogP contribution in [0.2, 0.25) is 0 Å². The van der Waals surface area contributed by atoms with E-state index in [9.17, 15) is 14.7 Å². The van der Waals surface area contributed by atoms with Crippen LogP contribution in [0.4, 0.5) is 4.79 Å². The summed E-state index contributed by atoms with van der Waals surface area (Å²) in [6, 6.07) is -1.32. The molecule has 1 aliphatic heterocycles. The van der Waals surface area contributed by atoms with Gasteiger partial charge in [-0.2, -0.15) is 0 Å². The van der Waals surface area contributed by atoms with Crippen LogP contribution in [0.1, 0.15) is 12.1 Å². The number of urea groups is 1. The number of hydrogen-bond acceptors (Lipinski definition) is 4. The van der Waals surface area contributed by atoms with Crippen LogP contribution in [0.15, 0.2) is 12.5 Å². The van der Waals surface area contributed by atoms with Crippen molar-refractivity contribution in [3.63, 3.8) is 0 Å². The molecule has 8 heteroatoms. The molecule has 0 spiro atoms. The zero-order valence-corrected chi connectivity index (χ0v) is 11.9. The summed E-state index contributed by atoms with van der Waals surface area (Å²) in [5.74, 6) is -0.748. The quantitative estimate of drug-likeness (QED) is 0.689. The highest BCUT2D eigenvalue weighted by molar-refractivity contribution is 5.82. The minimum atomic E-state index is -1.06. The Bertz CT molecular complexity index is 477. The monoisotopic (exact) mass is 296 g/mol. The second-order valence-corrected chi connectivity index (χ2v) is 5.18. The number of likely N-dealkylation sites (tertiary alicyclic amines) is 1. The lowest BCUT2D eigenvalue weighted by atomic mass is 10.1. The lowest BCUT2D eigenvalue weighted by Gasteiger charge is -2.20. The Hall–Kier alpha value is -2.09. The first-order valence-electron chi connectivity index (χ1n) is 6.84. The normalized spacial score (nSPS) is 19.5. The summed E-state index contributed by atoms with van der Waals surface area (Å²) in [7, 11) is 1.63. The fraction of sp³-hybridized carbons (Fsp3) is 0.615. The largest absolute Gasteiger partial charge is 0.480 e. The average molecular weight is 296 g/mol. The Morgan fingerprint density at radius 1 is 1.67 bits per heavy atom. The number of carbonyl (C=O) groups is 2. The number of imidazole rings is 1. The molecule has 0 aliphatic carbocycles. The molecule has 21 heavy (non-hydrogen) atoms. The number of ether oxygens (including phenoxy) is 1. The number of H-pyrrole nitrogens is 1. The van der Waals surface area contributed by atoms with Gasteiger partial charge in [0.15, 0.2) is 0 Å². The van der Waals surface area contributed by atoms with Crippen LogP contribution in [0.5, 0.6) is 0 Å². The topological polar surface area (TPSA) is 108 Å². The molecule has 1 unspecified atom stereocenters. The summed E-state index contributed by atoms with van der Waals surface area (Å²) < 4.78 is 5.08. The van der Waals surface area contributed by atoms with Crippen molar-refractivity contribution in [1.29, 1.82) is 0 Å². The van der Waals surface area contributed by atoms with Crippen LogP contribution in [0.25, 0.3) is 0 Å². The van der Waals surface area contributed by atoms with E-state index in [4.69, 9.17) is 4.74 Å². The smallest absolute Gasteiger partial charge is 0.326 e. The van der Waals surface area contributed by atoms with E-state index in [0.29, 0.717) is 31.3 Å². The molecule has 116 valence electrons. The second-order valence-electron chi connectivity index (χ2n) is 5.18. The molecule has 1 saturated heterocycles. The van der Waals surface area contributed by atoms with Gasteiger partial charge in [-0.15, -0.1) is 0 Å². The van der Waals surface area contributed by atoms with E-state index in [1.54, 1.807) is 18.2 Å². The van der Waals surface area contributed by atoms with Gasteiger partial charge in [0.1, 0.15) is 6.04 Å². The number of amides is 2. The molecule has 8 nitrogen and oxygen atoms in total.